The Labute approximate surface area is 96.4 Å². The molecule has 2 heteroatoms. The van der Waals surface area contributed by atoms with Crippen LogP contribution in [0.4, 0.5) is 0 Å². The van der Waals surface area contributed by atoms with E-state index in [1.807, 2.05) is 0 Å². The largest absolute Gasteiger partial charge is 0.300 e. The minimum atomic E-state index is 0.953. The zero-order valence-corrected chi connectivity index (χ0v) is 10.6. The SMILES string of the molecule is BrCCCN(CC1CCC1)C1CCC1. The number of hydrogen-bond donors (Lipinski definition) is 0. The highest BCUT2D eigenvalue weighted by atomic mass is 79.9. The second-order valence-electron chi connectivity index (χ2n) is 4.92. The molecule has 0 bridgehead atoms. The lowest BCUT2D eigenvalue weighted by Gasteiger charge is -2.41. The average Bonchev–Trinajstić information content (AvgIpc) is 2.03. The van der Waals surface area contributed by atoms with Crippen LogP contribution in [0, 0.1) is 5.92 Å². The van der Waals surface area contributed by atoms with Crippen molar-refractivity contribution in [1.29, 1.82) is 0 Å². The van der Waals surface area contributed by atoms with Crippen molar-refractivity contribution < 1.29 is 0 Å². The van der Waals surface area contributed by atoms with Crippen molar-refractivity contribution in [2.45, 2.75) is 51.0 Å². The van der Waals surface area contributed by atoms with Gasteiger partial charge in [0.1, 0.15) is 0 Å². The molecule has 0 amide bonds. The van der Waals surface area contributed by atoms with Crippen LogP contribution in [0.5, 0.6) is 0 Å². The lowest BCUT2D eigenvalue weighted by molar-refractivity contribution is 0.0872. The molecule has 2 aliphatic carbocycles. The first kappa shape index (κ1) is 10.9. The summed E-state index contributed by atoms with van der Waals surface area (Å²) in [6, 6.07) is 0.953. The standard InChI is InChI=1S/C12H22BrN/c13-8-3-9-14(12-6-2-7-12)10-11-4-1-5-11/h11-12H,1-10H2. The molecule has 0 N–H and O–H groups in total. The molecule has 1 nitrogen and oxygen atoms in total. The number of rotatable bonds is 6. The van der Waals surface area contributed by atoms with E-state index in [4.69, 9.17) is 0 Å². The average molecular weight is 260 g/mol. The van der Waals surface area contributed by atoms with E-state index in [2.05, 4.69) is 20.8 Å². The van der Waals surface area contributed by atoms with Crippen LogP contribution in [0.1, 0.15) is 44.9 Å². The summed E-state index contributed by atoms with van der Waals surface area (Å²) < 4.78 is 0. The quantitative estimate of drug-likeness (QED) is 0.661. The maximum atomic E-state index is 3.54. The van der Waals surface area contributed by atoms with Gasteiger partial charge in [0.05, 0.1) is 0 Å². The summed E-state index contributed by atoms with van der Waals surface area (Å²) in [4.78, 5) is 2.77. The van der Waals surface area contributed by atoms with Gasteiger partial charge in [-0.05, 0) is 44.6 Å². The molecule has 0 atom stereocenters. The Morgan fingerprint density at radius 3 is 2.21 bits per heavy atom. The van der Waals surface area contributed by atoms with Gasteiger partial charge in [-0.1, -0.05) is 28.8 Å². The van der Waals surface area contributed by atoms with Gasteiger partial charge in [0, 0.05) is 17.9 Å². The van der Waals surface area contributed by atoms with Crippen molar-refractivity contribution in [3.05, 3.63) is 0 Å². The number of halogens is 1. The Bertz CT molecular complexity index is 164. The van der Waals surface area contributed by atoms with Crippen molar-refractivity contribution in [3.8, 4) is 0 Å². The van der Waals surface area contributed by atoms with Gasteiger partial charge in [-0.15, -0.1) is 0 Å². The first-order valence-corrected chi connectivity index (χ1v) is 7.32. The van der Waals surface area contributed by atoms with E-state index in [0.717, 1.165) is 12.0 Å². The number of alkyl halides is 1. The van der Waals surface area contributed by atoms with Gasteiger partial charge in [-0.25, -0.2) is 0 Å². The summed E-state index contributed by atoms with van der Waals surface area (Å²) in [5.41, 5.74) is 0. The molecule has 0 heterocycles. The van der Waals surface area contributed by atoms with E-state index in [1.54, 1.807) is 0 Å². The Balaban J connectivity index is 1.72. The molecule has 0 unspecified atom stereocenters. The van der Waals surface area contributed by atoms with Crippen molar-refractivity contribution in [2.24, 2.45) is 5.92 Å². The van der Waals surface area contributed by atoms with Crippen LogP contribution in [0.25, 0.3) is 0 Å². The predicted octanol–water partition coefficient (Wildman–Crippen LogP) is 3.43. The minimum Gasteiger partial charge on any atom is -0.300 e. The molecule has 2 aliphatic rings. The molecule has 0 aromatic rings. The minimum absolute atomic E-state index is 0.953. The lowest BCUT2D eigenvalue weighted by atomic mass is 9.83. The van der Waals surface area contributed by atoms with Gasteiger partial charge in [0.15, 0.2) is 0 Å². The van der Waals surface area contributed by atoms with Crippen LogP contribution in [0.15, 0.2) is 0 Å². The third-order valence-electron chi connectivity index (χ3n) is 3.89. The smallest absolute Gasteiger partial charge is 0.00953 e. The Morgan fingerprint density at radius 2 is 1.79 bits per heavy atom. The summed E-state index contributed by atoms with van der Waals surface area (Å²) in [6.45, 7) is 2.73. The fraction of sp³-hybridized carbons (Fsp3) is 1.00. The third kappa shape index (κ3) is 2.73. The topological polar surface area (TPSA) is 3.24 Å². The van der Waals surface area contributed by atoms with Crippen molar-refractivity contribution in [3.63, 3.8) is 0 Å². The molecule has 0 radical (unpaired) electrons. The Morgan fingerprint density at radius 1 is 1.07 bits per heavy atom. The molecule has 2 rings (SSSR count). The molecule has 82 valence electrons. The van der Waals surface area contributed by atoms with E-state index in [0.29, 0.717) is 0 Å². The monoisotopic (exact) mass is 259 g/mol. The van der Waals surface area contributed by atoms with Gasteiger partial charge in [0.25, 0.3) is 0 Å². The summed E-state index contributed by atoms with van der Waals surface area (Å²) >= 11 is 3.54. The Kier molecular flexibility index (Phi) is 4.30. The molecule has 0 saturated heterocycles. The van der Waals surface area contributed by atoms with Crippen LogP contribution < -0.4 is 0 Å². The number of hydrogen-bond acceptors (Lipinski definition) is 1. The van der Waals surface area contributed by atoms with E-state index in [-0.39, 0.29) is 0 Å². The lowest BCUT2D eigenvalue weighted by Crippen LogP contribution is -2.44. The molecule has 0 aromatic heterocycles. The van der Waals surface area contributed by atoms with Crippen LogP contribution >= 0.6 is 15.9 Å². The van der Waals surface area contributed by atoms with Crippen molar-refractivity contribution >= 4 is 15.9 Å². The zero-order chi connectivity index (χ0) is 9.80. The van der Waals surface area contributed by atoms with Crippen molar-refractivity contribution in [1.82, 2.24) is 4.90 Å². The molecule has 0 spiro atoms. The second kappa shape index (κ2) is 5.50. The van der Waals surface area contributed by atoms with E-state index >= 15 is 0 Å². The zero-order valence-electron chi connectivity index (χ0n) is 9.05. The van der Waals surface area contributed by atoms with Gasteiger partial charge in [0.2, 0.25) is 0 Å². The molecular formula is C12H22BrN. The van der Waals surface area contributed by atoms with Gasteiger partial charge < -0.3 is 4.90 Å². The first-order valence-electron chi connectivity index (χ1n) is 6.20. The van der Waals surface area contributed by atoms with Crippen LogP contribution in [0.3, 0.4) is 0 Å². The molecule has 14 heavy (non-hydrogen) atoms. The highest BCUT2D eigenvalue weighted by molar-refractivity contribution is 9.09. The second-order valence-corrected chi connectivity index (χ2v) is 5.71. The molecular weight excluding hydrogens is 238 g/mol. The predicted molar refractivity (Wildman–Crippen MR) is 65.0 cm³/mol. The highest BCUT2D eigenvalue weighted by Gasteiger charge is 2.28. The Hall–Kier alpha value is 0.440. The van der Waals surface area contributed by atoms with Gasteiger partial charge in [-0.2, -0.15) is 0 Å². The van der Waals surface area contributed by atoms with Crippen LogP contribution in [-0.2, 0) is 0 Å². The summed E-state index contributed by atoms with van der Waals surface area (Å²) in [5.74, 6) is 1.05. The molecule has 2 saturated carbocycles. The molecule has 2 fully saturated rings. The van der Waals surface area contributed by atoms with Gasteiger partial charge in [-0.3, -0.25) is 0 Å². The number of nitrogens with zero attached hydrogens (tertiary/aromatic N) is 1. The normalized spacial score (nSPS) is 23.6. The first-order chi connectivity index (χ1) is 6.90. The summed E-state index contributed by atoms with van der Waals surface area (Å²) in [7, 11) is 0. The maximum Gasteiger partial charge on any atom is 0.00953 e. The molecule has 0 aromatic carbocycles. The highest BCUT2D eigenvalue weighted by Crippen LogP contribution is 2.31. The van der Waals surface area contributed by atoms with Crippen LogP contribution in [0.2, 0.25) is 0 Å². The molecule has 0 aliphatic heterocycles. The van der Waals surface area contributed by atoms with E-state index < -0.39 is 0 Å². The van der Waals surface area contributed by atoms with Crippen LogP contribution in [-0.4, -0.2) is 29.4 Å². The van der Waals surface area contributed by atoms with Gasteiger partial charge >= 0.3 is 0 Å². The maximum absolute atomic E-state index is 3.54. The van der Waals surface area contributed by atoms with E-state index in [9.17, 15) is 0 Å². The van der Waals surface area contributed by atoms with Crippen molar-refractivity contribution in [2.75, 3.05) is 18.4 Å². The fourth-order valence-corrected chi connectivity index (χ4v) is 2.70. The summed E-state index contributed by atoms with van der Waals surface area (Å²) in [5, 5.41) is 1.17. The van der Waals surface area contributed by atoms with E-state index in [1.165, 1.54) is 63.4 Å². The third-order valence-corrected chi connectivity index (χ3v) is 4.45. The fourth-order valence-electron chi connectivity index (χ4n) is 2.44. The summed E-state index contributed by atoms with van der Waals surface area (Å²) in [6.07, 6.45) is 10.2.